The minimum Gasteiger partial charge on any atom is -0.353 e. The van der Waals surface area contributed by atoms with E-state index in [-0.39, 0.29) is 0 Å². The quantitative estimate of drug-likeness (QED) is 0.689. The minimum absolute atomic E-state index is 0.937. The molecule has 0 bridgehead atoms. The van der Waals surface area contributed by atoms with Gasteiger partial charge in [0.15, 0.2) is 5.82 Å². The van der Waals surface area contributed by atoms with Gasteiger partial charge in [-0.3, -0.25) is 4.90 Å². The molecule has 0 radical (unpaired) electrons. The van der Waals surface area contributed by atoms with Crippen molar-refractivity contribution in [3.05, 3.63) is 57.5 Å². The molecule has 2 aromatic heterocycles. The summed E-state index contributed by atoms with van der Waals surface area (Å²) in [6.45, 7) is 11.3. The molecule has 1 saturated heterocycles. The Balaban J connectivity index is 1.38. The van der Waals surface area contributed by atoms with Gasteiger partial charge in [-0.2, -0.15) is 0 Å². The lowest BCUT2D eigenvalue weighted by Crippen LogP contribution is -2.46. The van der Waals surface area contributed by atoms with Crippen molar-refractivity contribution in [1.29, 1.82) is 0 Å². The van der Waals surface area contributed by atoms with Crippen LogP contribution in [0.5, 0.6) is 0 Å². The zero-order valence-electron chi connectivity index (χ0n) is 16.1. The molecular formula is C21H25N5S. The van der Waals surface area contributed by atoms with Crippen LogP contribution in [-0.2, 0) is 6.54 Å². The summed E-state index contributed by atoms with van der Waals surface area (Å²) in [6.07, 6.45) is 0. The van der Waals surface area contributed by atoms with Gasteiger partial charge in [-0.15, -0.1) is 21.5 Å². The van der Waals surface area contributed by atoms with E-state index in [9.17, 15) is 0 Å². The fraction of sp³-hybridized carbons (Fsp3) is 0.381. The summed E-state index contributed by atoms with van der Waals surface area (Å²) in [5.41, 5.74) is 4.49. The van der Waals surface area contributed by atoms with Gasteiger partial charge >= 0.3 is 0 Å². The fourth-order valence-electron chi connectivity index (χ4n) is 3.56. The van der Waals surface area contributed by atoms with Crippen LogP contribution in [0.2, 0.25) is 0 Å². The maximum absolute atomic E-state index is 4.54. The zero-order chi connectivity index (χ0) is 18.8. The number of aryl methyl sites for hydroxylation is 3. The predicted molar refractivity (Wildman–Crippen MR) is 111 cm³/mol. The van der Waals surface area contributed by atoms with E-state index < -0.39 is 0 Å². The van der Waals surface area contributed by atoms with Crippen LogP contribution in [0.1, 0.15) is 21.1 Å². The van der Waals surface area contributed by atoms with E-state index in [0.29, 0.717) is 0 Å². The molecule has 0 atom stereocenters. The van der Waals surface area contributed by atoms with Crippen molar-refractivity contribution in [3.8, 4) is 11.3 Å². The largest absolute Gasteiger partial charge is 0.353 e. The maximum Gasteiger partial charge on any atom is 0.151 e. The molecule has 6 heteroatoms. The Hall–Kier alpha value is -2.31. The monoisotopic (exact) mass is 379 g/mol. The molecule has 0 N–H and O–H groups in total. The molecule has 1 aromatic carbocycles. The Morgan fingerprint density at radius 2 is 1.70 bits per heavy atom. The summed E-state index contributed by atoms with van der Waals surface area (Å²) in [7, 11) is 0. The molecule has 1 aliphatic rings. The highest BCUT2D eigenvalue weighted by atomic mass is 32.1. The molecule has 1 fully saturated rings. The van der Waals surface area contributed by atoms with Gasteiger partial charge in [0.25, 0.3) is 0 Å². The molecule has 3 heterocycles. The normalized spacial score (nSPS) is 15.3. The summed E-state index contributed by atoms with van der Waals surface area (Å²) in [5, 5.41) is 10.1. The molecule has 140 valence electrons. The summed E-state index contributed by atoms with van der Waals surface area (Å²) in [6, 6.07) is 12.5. The predicted octanol–water partition coefficient (Wildman–Crippen LogP) is 3.85. The standard InChI is InChI=1S/C21H25N5S/c1-15-6-4-5-7-18(15)19-8-9-21(24-23-19)26-12-10-25(11-13-26)14-20-16(2)22-17(3)27-20/h4-9H,10-14H2,1-3H3. The highest BCUT2D eigenvalue weighted by molar-refractivity contribution is 7.11. The van der Waals surface area contributed by atoms with Crippen LogP contribution in [0.15, 0.2) is 36.4 Å². The molecule has 3 aromatic rings. The first-order valence-corrected chi connectivity index (χ1v) is 10.2. The number of anilines is 1. The highest BCUT2D eigenvalue weighted by Crippen LogP contribution is 2.23. The second-order valence-electron chi connectivity index (χ2n) is 7.10. The van der Waals surface area contributed by atoms with Gasteiger partial charge in [0.2, 0.25) is 0 Å². The van der Waals surface area contributed by atoms with E-state index in [1.807, 2.05) is 17.4 Å². The molecule has 1 aliphatic heterocycles. The van der Waals surface area contributed by atoms with Crippen LogP contribution in [0.4, 0.5) is 5.82 Å². The van der Waals surface area contributed by atoms with E-state index in [1.165, 1.54) is 16.1 Å². The first kappa shape index (κ1) is 18.1. The number of benzene rings is 1. The van der Waals surface area contributed by atoms with Gasteiger partial charge in [0.1, 0.15) is 0 Å². The first-order chi connectivity index (χ1) is 13.1. The summed E-state index contributed by atoms with van der Waals surface area (Å²) in [5.74, 6) is 0.969. The summed E-state index contributed by atoms with van der Waals surface area (Å²) >= 11 is 1.82. The molecule has 0 amide bonds. The molecule has 0 saturated carbocycles. The molecule has 4 rings (SSSR count). The maximum atomic E-state index is 4.54. The molecule has 0 aliphatic carbocycles. The average Bonchev–Trinajstić information content (AvgIpc) is 3.00. The van der Waals surface area contributed by atoms with E-state index >= 15 is 0 Å². The van der Waals surface area contributed by atoms with Gasteiger partial charge in [-0.1, -0.05) is 24.3 Å². The number of thiazole rings is 1. The van der Waals surface area contributed by atoms with Crippen LogP contribution < -0.4 is 4.90 Å². The number of rotatable bonds is 4. The Morgan fingerprint density at radius 1 is 0.926 bits per heavy atom. The smallest absolute Gasteiger partial charge is 0.151 e. The molecular weight excluding hydrogens is 354 g/mol. The van der Waals surface area contributed by atoms with Crippen molar-refractivity contribution in [2.24, 2.45) is 0 Å². The van der Waals surface area contributed by atoms with E-state index in [1.54, 1.807) is 0 Å². The van der Waals surface area contributed by atoms with Crippen LogP contribution in [0.25, 0.3) is 11.3 Å². The van der Waals surface area contributed by atoms with Crippen molar-refractivity contribution < 1.29 is 0 Å². The fourth-order valence-corrected chi connectivity index (χ4v) is 4.54. The lowest BCUT2D eigenvalue weighted by Gasteiger charge is -2.35. The number of hydrogen-bond acceptors (Lipinski definition) is 6. The van der Waals surface area contributed by atoms with Crippen molar-refractivity contribution >= 4 is 17.2 Å². The van der Waals surface area contributed by atoms with Crippen molar-refractivity contribution in [2.75, 3.05) is 31.1 Å². The van der Waals surface area contributed by atoms with Crippen molar-refractivity contribution in [1.82, 2.24) is 20.1 Å². The minimum atomic E-state index is 0.937. The van der Waals surface area contributed by atoms with Gasteiger partial charge in [0, 0.05) is 43.2 Å². The average molecular weight is 380 g/mol. The van der Waals surface area contributed by atoms with Crippen LogP contribution in [0, 0.1) is 20.8 Å². The molecule has 0 unspecified atom stereocenters. The highest BCUT2D eigenvalue weighted by Gasteiger charge is 2.20. The van der Waals surface area contributed by atoms with E-state index in [4.69, 9.17) is 0 Å². The van der Waals surface area contributed by atoms with Gasteiger partial charge in [0.05, 0.1) is 16.4 Å². The molecule has 27 heavy (non-hydrogen) atoms. The molecule has 0 spiro atoms. The van der Waals surface area contributed by atoms with Gasteiger partial charge in [-0.05, 0) is 38.5 Å². The third kappa shape index (κ3) is 4.01. The van der Waals surface area contributed by atoms with E-state index in [0.717, 1.165) is 54.8 Å². The summed E-state index contributed by atoms with van der Waals surface area (Å²) < 4.78 is 0. The van der Waals surface area contributed by atoms with Crippen LogP contribution in [0.3, 0.4) is 0 Å². The third-order valence-electron chi connectivity index (χ3n) is 5.13. The molecule has 5 nitrogen and oxygen atoms in total. The Labute approximate surface area is 164 Å². The Bertz CT molecular complexity index is 911. The van der Waals surface area contributed by atoms with Gasteiger partial charge < -0.3 is 4.90 Å². The Kier molecular flexibility index (Phi) is 5.18. The number of aromatic nitrogens is 3. The summed E-state index contributed by atoms with van der Waals surface area (Å²) in [4.78, 5) is 10.8. The Morgan fingerprint density at radius 3 is 2.33 bits per heavy atom. The lowest BCUT2D eigenvalue weighted by atomic mass is 10.1. The van der Waals surface area contributed by atoms with Crippen LogP contribution in [-0.4, -0.2) is 46.3 Å². The van der Waals surface area contributed by atoms with Crippen molar-refractivity contribution in [2.45, 2.75) is 27.3 Å². The second-order valence-corrected chi connectivity index (χ2v) is 8.38. The van der Waals surface area contributed by atoms with Gasteiger partial charge in [-0.25, -0.2) is 4.98 Å². The van der Waals surface area contributed by atoms with E-state index in [2.05, 4.69) is 76.1 Å². The van der Waals surface area contributed by atoms with Crippen LogP contribution >= 0.6 is 11.3 Å². The lowest BCUT2D eigenvalue weighted by molar-refractivity contribution is 0.250. The number of piperazine rings is 1. The topological polar surface area (TPSA) is 45.2 Å². The SMILES string of the molecule is Cc1nc(C)c(CN2CCN(c3ccc(-c4ccccc4C)nn3)CC2)s1. The number of hydrogen-bond donors (Lipinski definition) is 0. The third-order valence-corrected chi connectivity index (χ3v) is 6.19. The zero-order valence-corrected chi connectivity index (χ0v) is 17.0. The van der Waals surface area contributed by atoms with Crippen molar-refractivity contribution in [3.63, 3.8) is 0 Å². The number of nitrogens with zero attached hydrogens (tertiary/aromatic N) is 5. The first-order valence-electron chi connectivity index (χ1n) is 9.40. The second kappa shape index (κ2) is 7.74.